The Bertz CT molecular complexity index is 1060. The van der Waals surface area contributed by atoms with Gasteiger partial charge in [0.1, 0.15) is 5.75 Å². The molecule has 2 aromatic rings. The zero-order valence-corrected chi connectivity index (χ0v) is 16.6. The topological polar surface area (TPSA) is 75.7 Å². The largest absolute Gasteiger partial charge is 0.573 e. The molecule has 160 valence electrons. The average Bonchev–Trinajstić information content (AvgIpc) is 3.51. The van der Waals surface area contributed by atoms with Gasteiger partial charge in [-0.05, 0) is 66.8 Å². The van der Waals surface area contributed by atoms with Crippen molar-refractivity contribution < 1.29 is 31.1 Å². The van der Waals surface area contributed by atoms with Gasteiger partial charge in [-0.1, -0.05) is 6.07 Å². The normalized spacial score (nSPS) is 16.7. The standard InChI is InChI=1S/C20H19F3N2O4S/c21-20(22,23)29-17-5-7-18(8-6-17)30(27,28)24-16-4-3-13-9-10-25(12-15(13)11-16)19(26)14-1-2-14/h3-8,11,14,24H,1-2,9-10,12H2. The van der Waals surface area contributed by atoms with Gasteiger partial charge in [0.2, 0.25) is 5.91 Å². The van der Waals surface area contributed by atoms with Crippen LogP contribution in [0.25, 0.3) is 0 Å². The lowest BCUT2D eigenvalue weighted by Crippen LogP contribution is -2.36. The van der Waals surface area contributed by atoms with Crippen LogP contribution in [-0.2, 0) is 27.8 Å². The summed E-state index contributed by atoms with van der Waals surface area (Å²) in [4.78, 5) is 13.9. The van der Waals surface area contributed by atoms with E-state index in [1.54, 1.807) is 17.0 Å². The summed E-state index contributed by atoms with van der Waals surface area (Å²) in [6.45, 7) is 1.09. The lowest BCUT2D eigenvalue weighted by atomic mass is 9.99. The maximum atomic E-state index is 12.6. The molecule has 0 bridgehead atoms. The third-order valence-corrected chi connectivity index (χ3v) is 6.47. The number of carbonyl (C=O) groups excluding carboxylic acids is 1. The first kappa shape index (κ1) is 20.5. The maximum absolute atomic E-state index is 12.6. The quantitative estimate of drug-likeness (QED) is 0.770. The van der Waals surface area contributed by atoms with Crippen molar-refractivity contribution in [2.75, 3.05) is 11.3 Å². The molecule has 1 amide bonds. The van der Waals surface area contributed by atoms with E-state index in [0.717, 1.165) is 48.2 Å². The van der Waals surface area contributed by atoms with Crippen molar-refractivity contribution in [1.82, 2.24) is 4.90 Å². The number of benzene rings is 2. The number of carbonyl (C=O) groups is 1. The highest BCUT2D eigenvalue weighted by Gasteiger charge is 2.34. The maximum Gasteiger partial charge on any atom is 0.573 e. The van der Waals surface area contributed by atoms with Gasteiger partial charge < -0.3 is 9.64 Å². The molecule has 0 unspecified atom stereocenters. The highest BCUT2D eigenvalue weighted by molar-refractivity contribution is 7.92. The highest BCUT2D eigenvalue weighted by atomic mass is 32.2. The van der Waals surface area contributed by atoms with E-state index in [2.05, 4.69) is 9.46 Å². The average molecular weight is 440 g/mol. The molecule has 0 radical (unpaired) electrons. The molecule has 10 heteroatoms. The molecule has 1 saturated carbocycles. The molecule has 0 spiro atoms. The summed E-state index contributed by atoms with van der Waals surface area (Å²) >= 11 is 0. The first-order valence-corrected chi connectivity index (χ1v) is 10.9. The molecule has 30 heavy (non-hydrogen) atoms. The van der Waals surface area contributed by atoms with Crippen LogP contribution < -0.4 is 9.46 Å². The Morgan fingerprint density at radius 3 is 2.40 bits per heavy atom. The summed E-state index contributed by atoms with van der Waals surface area (Å²) in [5.41, 5.74) is 2.26. The molecule has 2 aliphatic rings. The smallest absolute Gasteiger partial charge is 0.406 e. The molecule has 1 fully saturated rings. The minimum absolute atomic E-state index is 0.123. The van der Waals surface area contributed by atoms with E-state index in [0.29, 0.717) is 25.2 Å². The zero-order chi connectivity index (χ0) is 21.5. The molecule has 1 N–H and O–H groups in total. The molecule has 6 nitrogen and oxygen atoms in total. The van der Waals surface area contributed by atoms with E-state index in [9.17, 15) is 26.4 Å². The van der Waals surface area contributed by atoms with Crippen molar-refractivity contribution in [3.8, 4) is 5.75 Å². The van der Waals surface area contributed by atoms with Crippen LogP contribution in [-0.4, -0.2) is 32.1 Å². The Balaban J connectivity index is 1.48. The zero-order valence-electron chi connectivity index (χ0n) is 15.8. The third-order valence-electron chi connectivity index (χ3n) is 5.08. The van der Waals surface area contributed by atoms with Crippen LogP contribution in [0.2, 0.25) is 0 Å². The lowest BCUT2D eigenvalue weighted by molar-refractivity contribution is -0.274. The minimum Gasteiger partial charge on any atom is -0.406 e. The van der Waals surface area contributed by atoms with Gasteiger partial charge in [0.05, 0.1) is 4.90 Å². The van der Waals surface area contributed by atoms with Gasteiger partial charge in [0, 0.05) is 24.7 Å². The van der Waals surface area contributed by atoms with E-state index in [1.807, 2.05) is 6.07 Å². The van der Waals surface area contributed by atoms with Crippen molar-refractivity contribution in [1.29, 1.82) is 0 Å². The van der Waals surface area contributed by atoms with E-state index in [-0.39, 0.29) is 16.7 Å². The summed E-state index contributed by atoms with van der Waals surface area (Å²) < 4.78 is 68.1. The Hall–Kier alpha value is -2.75. The van der Waals surface area contributed by atoms with Crippen LogP contribution in [0.4, 0.5) is 18.9 Å². The lowest BCUT2D eigenvalue weighted by Gasteiger charge is -2.29. The molecule has 1 aliphatic carbocycles. The second kappa shape index (κ2) is 7.50. The number of halogens is 3. The summed E-state index contributed by atoms with van der Waals surface area (Å²) in [7, 11) is -4.00. The summed E-state index contributed by atoms with van der Waals surface area (Å²) in [6, 6.07) is 9.12. The van der Waals surface area contributed by atoms with Crippen LogP contribution in [0, 0.1) is 5.92 Å². The van der Waals surface area contributed by atoms with Gasteiger partial charge >= 0.3 is 6.36 Å². The van der Waals surface area contributed by atoms with Gasteiger partial charge in [-0.3, -0.25) is 9.52 Å². The number of hydrogen-bond donors (Lipinski definition) is 1. The number of anilines is 1. The van der Waals surface area contributed by atoms with Crippen molar-refractivity contribution >= 4 is 21.6 Å². The number of rotatable bonds is 5. The van der Waals surface area contributed by atoms with Gasteiger partial charge in [-0.25, -0.2) is 8.42 Å². The molecular formula is C20H19F3N2O4S. The number of nitrogens with one attached hydrogen (secondary N) is 1. The Morgan fingerprint density at radius 1 is 1.07 bits per heavy atom. The molecular weight excluding hydrogens is 421 g/mol. The fourth-order valence-electron chi connectivity index (χ4n) is 3.43. The first-order chi connectivity index (χ1) is 14.1. The number of alkyl halides is 3. The second-order valence-electron chi connectivity index (χ2n) is 7.39. The van der Waals surface area contributed by atoms with Crippen molar-refractivity contribution in [2.45, 2.75) is 37.1 Å². The molecule has 0 atom stereocenters. The van der Waals surface area contributed by atoms with Crippen LogP contribution in [0.3, 0.4) is 0 Å². The van der Waals surface area contributed by atoms with Crippen LogP contribution in [0.1, 0.15) is 24.0 Å². The fourth-order valence-corrected chi connectivity index (χ4v) is 4.48. The van der Waals surface area contributed by atoms with Gasteiger partial charge in [0.25, 0.3) is 10.0 Å². The van der Waals surface area contributed by atoms with Crippen LogP contribution in [0.15, 0.2) is 47.4 Å². The molecule has 0 saturated heterocycles. The number of sulfonamides is 1. The summed E-state index contributed by atoms with van der Waals surface area (Å²) in [6.07, 6.45) is -2.29. The van der Waals surface area contributed by atoms with Crippen molar-refractivity contribution in [2.24, 2.45) is 5.92 Å². The Morgan fingerprint density at radius 2 is 1.77 bits per heavy atom. The third kappa shape index (κ3) is 4.69. The monoisotopic (exact) mass is 440 g/mol. The molecule has 2 aromatic carbocycles. The van der Waals surface area contributed by atoms with Crippen molar-refractivity contribution in [3.05, 3.63) is 53.6 Å². The van der Waals surface area contributed by atoms with E-state index in [1.165, 1.54) is 0 Å². The van der Waals surface area contributed by atoms with Crippen molar-refractivity contribution in [3.63, 3.8) is 0 Å². The highest BCUT2D eigenvalue weighted by Crippen LogP contribution is 2.33. The fraction of sp³-hybridized carbons (Fsp3) is 0.350. The Kier molecular flexibility index (Phi) is 5.13. The molecule has 4 rings (SSSR count). The molecule has 1 aliphatic heterocycles. The van der Waals surface area contributed by atoms with E-state index in [4.69, 9.17) is 0 Å². The summed E-state index contributed by atoms with van der Waals surface area (Å²) in [5.74, 6) is -0.235. The van der Waals surface area contributed by atoms with Gasteiger partial charge in [-0.2, -0.15) is 0 Å². The first-order valence-electron chi connectivity index (χ1n) is 9.40. The number of amides is 1. The van der Waals surface area contributed by atoms with E-state index < -0.39 is 22.1 Å². The van der Waals surface area contributed by atoms with Gasteiger partial charge in [0.15, 0.2) is 0 Å². The second-order valence-corrected chi connectivity index (χ2v) is 9.07. The van der Waals surface area contributed by atoms with Gasteiger partial charge in [-0.15, -0.1) is 13.2 Å². The number of nitrogens with zero attached hydrogens (tertiary/aromatic N) is 1. The number of ether oxygens (including phenoxy) is 1. The predicted octanol–water partition coefficient (Wildman–Crippen LogP) is 3.68. The van der Waals surface area contributed by atoms with Crippen LogP contribution >= 0.6 is 0 Å². The Labute approximate surface area is 171 Å². The molecule has 1 heterocycles. The predicted molar refractivity (Wildman–Crippen MR) is 102 cm³/mol. The number of fused-ring (bicyclic) bond motifs is 1. The van der Waals surface area contributed by atoms with Crippen LogP contribution in [0.5, 0.6) is 5.75 Å². The summed E-state index contributed by atoms with van der Waals surface area (Å²) in [5, 5.41) is 0. The van der Waals surface area contributed by atoms with E-state index >= 15 is 0 Å². The molecule has 0 aromatic heterocycles. The minimum atomic E-state index is -4.85. The SMILES string of the molecule is O=C(C1CC1)N1CCc2ccc(NS(=O)(=O)c3ccc(OC(F)(F)F)cc3)cc2C1. The number of hydrogen-bond acceptors (Lipinski definition) is 4.